The van der Waals surface area contributed by atoms with E-state index in [4.69, 9.17) is 4.99 Å². The molecule has 2 heteroatoms. The Kier molecular flexibility index (Phi) is 9.57. The number of aliphatic imine (C=N–C) groups is 1. The van der Waals surface area contributed by atoms with Gasteiger partial charge in [0.05, 0.1) is 17.9 Å². The van der Waals surface area contributed by atoms with Crippen molar-refractivity contribution in [2.45, 2.75) is 45.7 Å². The third kappa shape index (κ3) is 7.03. The first-order chi connectivity index (χ1) is 13.8. The first-order valence-corrected chi connectivity index (χ1v) is 10.2. The van der Waals surface area contributed by atoms with Gasteiger partial charge in [0.15, 0.2) is 0 Å². The van der Waals surface area contributed by atoms with Crippen LogP contribution >= 0.6 is 0 Å². The van der Waals surface area contributed by atoms with Gasteiger partial charge in [0.2, 0.25) is 0 Å². The van der Waals surface area contributed by atoms with Crippen LogP contribution < -0.4 is 5.32 Å². The van der Waals surface area contributed by atoms with Crippen LogP contribution in [0.4, 0.5) is 0 Å². The largest absolute Gasteiger partial charge is 0.369 e. The smallest absolute Gasteiger partial charge is 0.0977 e. The Morgan fingerprint density at radius 3 is 1.68 bits per heavy atom. The average Bonchev–Trinajstić information content (AvgIpc) is 3.17. The molecule has 1 heterocycles. The van der Waals surface area contributed by atoms with Crippen LogP contribution in [0, 0.1) is 0 Å². The van der Waals surface area contributed by atoms with Crippen molar-refractivity contribution in [3.63, 3.8) is 0 Å². The Hall–Kier alpha value is -2.87. The summed E-state index contributed by atoms with van der Waals surface area (Å²) >= 11 is 0. The van der Waals surface area contributed by atoms with Gasteiger partial charge in [-0.15, -0.1) is 0 Å². The van der Waals surface area contributed by atoms with Crippen molar-refractivity contribution in [2.75, 3.05) is 0 Å². The molecule has 1 aliphatic heterocycles. The zero-order chi connectivity index (χ0) is 20.0. The fourth-order valence-corrected chi connectivity index (χ4v) is 3.10. The summed E-state index contributed by atoms with van der Waals surface area (Å²) in [7, 11) is 0. The second-order valence-electron chi connectivity index (χ2n) is 6.50. The van der Waals surface area contributed by atoms with Gasteiger partial charge in [-0.1, -0.05) is 111 Å². The number of aryl methyl sites for hydroxylation is 1. The van der Waals surface area contributed by atoms with E-state index in [1.54, 1.807) is 0 Å². The third-order valence-electron chi connectivity index (χ3n) is 4.46. The molecule has 0 saturated heterocycles. The lowest BCUT2D eigenvalue weighted by Crippen LogP contribution is -2.28. The van der Waals surface area contributed by atoms with Crippen LogP contribution in [-0.2, 0) is 6.42 Å². The van der Waals surface area contributed by atoms with E-state index in [1.807, 2.05) is 50.2 Å². The molecule has 0 spiro atoms. The Morgan fingerprint density at radius 2 is 1.14 bits per heavy atom. The summed E-state index contributed by atoms with van der Waals surface area (Å²) in [5.74, 6) is 1.13. The molecule has 2 nitrogen and oxygen atoms in total. The Balaban J connectivity index is 0.000000296. The molecule has 146 valence electrons. The highest BCUT2D eigenvalue weighted by Crippen LogP contribution is 2.26. The number of hydrogen-bond acceptors (Lipinski definition) is 2. The predicted molar refractivity (Wildman–Crippen MR) is 122 cm³/mol. The van der Waals surface area contributed by atoms with Crippen molar-refractivity contribution in [1.82, 2.24) is 5.32 Å². The van der Waals surface area contributed by atoms with Crippen molar-refractivity contribution < 1.29 is 0 Å². The SMILES string of the molecule is CC.CC1NC(CCc2ccccc2)=N[C@@H]1c1ccccc1.c1ccccc1. The molecular formula is C26H32N2. The molecule has 0 aliphatic carbocycles. The monoisotopic (exact) mass is 372 g/mol. The molecule has 0 amide bonds. The number of hydrogen-bond donors (Lipinski definition) is 1. The summed E-state index contributed by atoms with van der Waals surface area (Å²) < 4.78 is 0. The molecule has 0 saturated carbocycles. The van der Waals surface area contributed by atoms with Gasteiger partial charge in [-0.3, -0.25) is 4.99 Å². The topological polar surface area (TPSA) is 24.4 Å². The molecule has 1 unspecified atom stereocenters. The molecule has 0 bridgehead atoms. The lowest BCUT2D eigenvalue weighted by atomic mass is 10.0. The fourth-order valence-electron chi connectivity index (χ4n) is 3.10. The van der Waals surface area contributed by atoms with E-state index in [2.05, 4.69) is 72.9 Å². The highest BCUT2D eigenvalue weighted by atomic mass is 15.1. The summed E-state index contributed by atoms with van der Waals surface area (Å²) in [4.78, 5) is 4.86. The second kappa shape index (κ2) is 12.5. The molecule has 1 N–H and O–H groups in total. The average molecular weight is 373 g/mol. The molecule has 3 aromatic carbocycles. The maximum absolute atomic E-state index is 4.86. The van der Waals surface area contributed by atoms with Crippen LogP contribution in [0.5, 0.6) is 0 Å². The van der Waals surface area contributed by atoms with Crippen molar-refractivity contribution in [1.29, 1.82) is 0 Å². The minimum atomic E-state index is 0.252. The second-order valence-corrected chi connectivity index (χ2v) is 6.50. The highest BCUT2D eigenvalue weighted by molar-refractivity contribution is 5.84. The molecule has 0 fully saturated rings. The Labute approximate surface area is 170 Å². The van der Waals surface area contributed by atoms with Crippen LogP contribution in [0.25, 0.3) is 0 Å². The van der Waals surface area contributed by atoms with E-state index in [0.29, 0.717) is 6.04 Å². The summed E-state index contributed by atoms with van der Waals surface area (Å²) in [5, 5.41) is 3.52. The highest BCUT2D eigenvalue weighted by Gasteiger charge is 2.25. The van der Waals surface area contributed by atoms with E-state index >= 15 is 0 Å². The van der Waals surface area contributed by atoms with Crippen LogP contribution in [0.15, 0.2) is 102 Å². The van der Waals surface area contributed by atoms with Gasteiger partial charge in [-0.25, -0.2) is 0 Å². The standard InChI is InChI=1S/C18H20N2.C6H6.C2H6/c1-14-18(16-10-6-3-7-11-16)20-17(19-14)13-12-15-8-4-2-5-9-15;1-2-4-6-5-3-1;1-2/h2-11,14,18H,12-13H2,1H3,(H,19,20);1-6H;1-2H3/t14?,18-;;/m0../s1. The van der Waals surface area contributed by atoms with E-state index in [9.17, 15) is 0 Å². The first-order valence-electron chi connectivity index (χ1n) is 10.2. The number of rotatable bonds is 4. The number of nitrogens with zero attached hydrogens (tertiary/aromatic N) is 1. The molecule has 2 atom stereocenters. The zero-order valence-corrected chi connectivity index (χ0v) is 17.3. The Morgan fingerprint density at radius 1 is 0.679 bits per heavy atom. The van der Waals surface area contributed by atoms with Gasteiger partial charge in [0, 0.05) is 6.42 Å². The van der Waals surface area contributed by atoms with Crippen molar-refractivity contribution >= 4 is 5.84 Å². The minimum Gasteiger partial charge on any atom is -0.369 e. The maximum atomic E-state index is 4.86. The minimum absolute atomic E-state index is 0.252. The van der Waals surface area contributed by atoms with Crippen molar-refractivity contribution in [2.24, 2.45) is 4.99 Å². The van der Waals surface area contributed by atoms with Crippen LogP contribution in [0.2, 0.25) is 0 Å². The molecule has 4 rings (SSSR count). The normalized spacial score (nSPS) is 17.2. The van der Waals surface area contributed by atoms with Gasteiger partial charge in [0.25, 0.3) is 0 Å². The third-order valence-corrected chi connectivity index (χ3v) is 4.46. The lowest BCUT2D eigenvalue weighted by Gasteiger charge is -2.13. The van der Waals surface area contributed by atoms with Crippen molar-refractivity contribution in [3.05, 3.63) is 108 Å². The van der Waals surface area contributed by atoms with Crippen LogP contribution in [0.1, 0.15) is 44.4 Å². The predicted octanol–water partition coefficient (Wildman–Crippen LogP) is 6.46. The van der Waals surface area contributed by atoms with Gasteiger partial charge >= 0.3 is 0 Å². The molecule has 28 heavy (non-hydrogen) atoms. The van der Waals surface area contributed by atoms with E-state index < -0.39 is 0 Å². The molecule has 0 radical (unpaired) electrons. The van der Waals surface area contributed by atoms with Gasteiger partial charge < -0.3 is 5.32 Å². The maximum Gasteiger partial charge on any atom is 0.0977 e. The van der Waals surface area contributed by atoms with Crippen LogP contribution in [-0.4, -0.2) is 11.9 Å². The van der Waals surface area contributed by atoms with E-state index in [-0.39, 0.29) is 6.04 Å². The first kappa shape index (κ1) is 21.4. The summed E-state index contributed by atoms with van der Waals surface area (Å²) in [6.07, 6.45) is 2.03. The van der Waals surface area contributed by atoms with Gasteiger partial charge in [0.1, 0.15) is 0 Å². The van der Waals surface area contributed by atoms with E-state index in [0.717, 1.165) is 18.7 Å². The van der Waals surface area contributed by atoms with Gasteiger partial charge in [-0.2, -0.15) is 0 Å². The fraction of sp³-hybridized carbons (Fsp3) is 0.269. The molecule has 0 aromatic heterocycles. The number of amidine groups is 1. The number of nitrogens with one attached hydrogen (secondary N) is 1. The molecule has 1 aliphatic rings. The molecular weight excluding hydrogens is 340 g/mol. The molecule has 3 aromatic rings. The zero-order valence-electron chi connectivity index (χ0n) is 17.3. The number of benzene rings is 3. The Bertz CT molecular complexity index is 756. The summed E-state index contributed by atoms with van der Waals surface area (Å²) in [6.45, 7) is 6.21. The van der Waals surface area contributed by atoms with Crippen LogP contribution in [0.3, 0.4) is 0 Å². The van der Waals surface area contributed by atoms with Gasteiger partial charge in [-0.05, 0) is 24.5 Å². The van der Waals surface area contributed by atoms with E-state index in [1.165, 1.54) is 11.1 Å². The lowest BCUT2D eigenvalue weighted by molar-refractivity contribution is 0.587. The quantitative estimate of drug-likeness (QED) is 0.558. The van der Waals surface area contributed by atoms with Crippen molar-refractivity contribution in [3.8, 4) is 0 Å². The summed E-state index contributed by atoms with van der Waals surface area (Å²) in [5.41, 5.74) is 2.66. The summed E-state index contributed by atoms with van der Waals surface area (Å²) in [6, 6.07) is 33.8.